The lowest BCUT2D eigenvalue weighted by Crippen LogP contribution is -2.05. The maximum absolute atomic E-state index is 11.0. The molecule has 0 atom stereocenters. The van der Waals surface area contributed by atoms with Crippen molar-refractivity contribution in [3.8, 4) is 11.1 Å². The molecule has 3 nitrogen and oxygen atoms in total. The quantitative estimate of drug-likeness (QED) is 0.361. The molecule has 1 heterocycles. The van der Waals surface area contributed by atoms with Gasteiger partial charge in [-0.3, -0.25) is 4.79 Å². The summed E-state index contributed by atoms with van der Waals surface area (Å²) in [6, 6.07) is 3.02. The average Bonchev–Trinajstić information content (AvgIpc) is 2.45. The minimum atomic E-state index is -1.09. The van der Waals surface area contributed by atoms with Crippen molar-refractivity contribution in [3.63, 3.8) is 0 Å². The highest BCUT2D eigenvalue weighted by Crippen LogP contribution is 2.48. The number of carboxylic acid groups (broad SMARTS) is 1. The Hall–Kier alpha value is -0.420. The van der Waals surface area contributed by atoms with E-state index in [4.69, 9.17) is 74.7 Å². The van der Waals surface area contributed by atoms with Crippen molar-refractivity contribution in [3.05, 3.63) is 48.1 Å². The van der Waals surface area contributed by atoms with Crippen molar-refractivity contribution in [2.45, 2.75) is 6.42 Å². The van der Waals surface area contributed by atoms with Crippen LogP contribution in [0.1, 0.15) is 5.69 Å². The third kappa shape index (κ3) is 3.40. The van der Waals surface area contributed by atoms with Crippen molar-refractivity contribution in [1.29, 1.82) is 0 Å². The van der Waals surface area contributed by atoms with E-state index < -0.39 is 5.97 Å². The van der Waals surface area contributed by atoms with Crippen LogP contribution in [0, 0.1) is 0 Å². The van der Waals surface area contributed by atoms with E-state index in [-0.39, 0.29) is 47.9 Å². The third-order valence-electron chi connectivity index (χ3n) is 2.74. The van der Waals surface area contributed by atoms with Gasteiger partial charge in [-0.05, 0) is 12.1 Å². The lowest BCUT2D eigenvalue weighted by Gasteiger charge is -2.15. The summed E-state index contributed by atoms with van der Waals surface area (Å²) in [5.74, 6) is -1.09. The molecule has 0 unspecified atom stereocenters. The summed E-state index contributed by atoms with van der Waals surface area (Å²) in [6.07, 6.45) is -0.375. The number of halogens is 6. The van der Waals surface area contributed by atoms with Crippen molar-refractivity contribution in [1.82, 2.24) is 4.98 Å². The van der Waals surface area contributed by atoms with Gasteiger partial charge in [0.1, 0.15) is 5.15 Å². The molecule has 22 heavy (non-hydrogen) atoms. The zero-order valence-corrected chi connectivity index (χ0v) is 15.0. The summed E-state index contributed by atoms with van der Waals surface area (Å²) in [5, 5.41) is 9.29. The van der Waals surface area contributed by atoms with Crippen LogP contribution in [-0.4, -0.2) is 16.1 Å². The fourth-order valence-corrected chi connectivity index (χ4v) is 3.33. The highest BCUT2D eigenvalue weighted by atomic mass is 35.5. The van der Waals surface area contributed by atoms with E-state index in [1.165, 1.54) is 6.07 Å². The zero-order chi connectivity index (χ0) is 16.6. The van der Waals surface area contributed by atoms with Gasteiger partial charge < -0.3 is 5.11 Å². The van der Waals surface area contributed by atoms with Gasteiger partial charge in [-0.2, -0.15) is 0 Å². The maximum Gasteiger partial charge on any atom is 0.309 e. The third-order valence-corrected chi connectivity index (χ3v) is 5.23. The molecule has 2 aromatic rings. The van der Waals surface area contributed by atoms with Crippen LogP contribution in [-0.2, 0) is 11.2 Å². The van der Waals surface area contributed by atoms with Gasteiger partial charge in [0, 0.05) is 11.1 Å². The lowest BCUT2D eigenvalue weighted by atomic mass is 10.0. The van der Waals surface area contributed by atoms with E-state index in [2.05, 4.69) is 4.98 Å². The first-order valence-corrected chi connectivity index (χ1v) is 7.89. The molecule has 0 saturated carbocycles. The normalized spacial score (nSPS) is 10.8. The molecule has 1 N–H and O–H groups in total. The van der Waals surface area contributed by atoms with Crippen LogP contribution in [0.25, 0.3) is 11.1 Å². The van der Waals surface area contributed by atoms with Gasteiger partial charge in [0.2, 0.25) is 0 Å². The van der Waals surface area contributed by atoms with Crippen LogP contribution in [0.3, 0.4) is 0 Å². The molecular weight excluding hydrogens is 415 g/mol. The van der Waals surface area contributed by atoms with E-state index >= 15 is 0 Å². The van der Waals surface area contributed by atoms with Crippen molar-refractivity contribution < 1.29 is 9.90 Å². The molecule has 0 fully saturated rings. The second kappa shape index (κ2) is 7.00. The fraction of sp³-hybridized carbons (Fsp3) is 0.0769. The first-order chi connectivity index (χ1) is 10.2. The van der Waals surface area contributed by atoms with Gasteiger partial charge in [0.25, 0.3) is 0 Å². The standard InChI is InChI=1S/C13H5Cl6NO2/c14-6-2-1-4(5(20-6)3-7(21)22)8-9(15)11(17)13(19)12(18)10(8)16/h1-2H,3H2,(H,21,22). The second-order valence-corrected chi connectivity index (χ2v) is 6.42. The Balaban J connectivity index is 2.80. The van der Waals surface area contributed by atoms with Crippen LogP contribution < -0.4 is 0 Å². The van der Waals surface area contributed by atoms with Gasteiger partial charge in [-0.1, -0.05) is 69.6 Å². The summed E-state index contributed by atoms with van der Waals surface area (Å²) >= 11 is 36.2. The molecular formula is C13H5Cl6NO2. The number of nitrogens with zero attached hydrogens (tertiary/aromatic N) is 1. The van der Waals surface area contributed by atoms with E-state index in [0.29, 0.717) is 5.56 Å². The predicted octanol–water partition coefficient (Wildman–Crippen LogP) is 6.30. The Labute approximate surface area is 155 Å². The Kier molecular flexibility index (Phi) is 5.70. The number of benzene rings is 1. The smallest absolute Gasteiger partial charge is 0.309 e. The first kappa shape index (κ1) is 17.9. The largest absolute Gasteiger partial charge is 0.481 e. The Morgan fingerprint density at radius 1 is 0.909 bits per heavy atom. The molecule has 0 aliphatic rings. The van der Waals surface area contributed by atoms with Crippen LogP contribution in [0.2, 0.25) is 30.3 Å². The molecule has 116 valence electrons. The minimum Gasteiger partial charge on any atom is -0.481 e. The van der Waals surface area contributed by atoms with E-state index in [1.807, 2.05) is 0 Å². The van der Waals surface area contributed by atoms with Crippen molar-refractivity contribution in [2.75, 3.05) is 0 Å². The Morgan fingerprint density at radius 2 is 1.41 bits per heavy atom. The number of hydrogen-bond donors (Lipinski definition) is 1. The molecule has 1 aromatic heterocycles. The van der Waals surface area contributed by atoms with Crippen molar-refractivity contribution >= 4 is 75.6 Å². The predicted molar refractivity (Wildman–Crippen MR) is 91.1 cm³/mol. The van der Waals surface area contributed by atoms with E-state index in [9.17, 15) is 4.79 Å². The van der Waals surface area contributed by atoms with E-state index in [0.717, 1.165) is 0 Å². The number of hydrogen-bond acceptors (Lipinski definition) is 2. The molecule has 0 bridgehead atoms. The number of carbonyl (C=O) groups is 1. The van der Waals surface area contributed by atoms with Crippen LogP contribution in [0.15, 0.2) is 12.1 Å². The van der Waals surface area contributed by atoms with Gasteiger partial charge in [0.15, 0.2) is 0 Å². The monoisotopic (exact) mass is 417 g/mol. The SMILES string of the molecule is O=C(O)Cc1nc(Cl)ccc1-c1c(Cl)c(Cl)c(Cl)c(Cl)c1Cl. The molecule has 1 aromatic carbocycles. The van der Waals surface area contributed by atoms with Crippen molar-refractivity contribution in [2.24, 2.45) is 0 Å². The average molecular weight is 420 g/mol. The molecule has 0 radical (unpaired) electrons. The number of pyridine rings is 1. The molecule has 0 spiro atoms. The number of aromatic nitrogens is 1. The Bertz CT molecular complexity index is 749. The fourth-order valence-electron chi connectivity index (χ4n) is 1.82. The molecule has 9 heteroatoms. The summed E-state index contributed by atoms with van der Waals surface area (Å²) in [4.78, 5) is 15.0. The summed E-state index contributed by atoms with van der Waals surface area (Å²) < 4.78 is 0. The first-order valence-electron chi connectivity index (χ1n) is 5.63. The number of aliphatic carboxylic acids is 1. The molecule has 0 amide bonds. The highest BCUT2D eigenvalue weighted by molar-refractivity contribution is 6.56. The molecule has 0 aliphatic heterocycles. The molecule has 2 rings (SSSR count). The Morgan fingerprint density at radius 3 is 1.91 bits per heavy atom. The summed E-state index contributed by atoms with van der Waals surface area (Å²) in [6.45, 7) is 0. The number of rotatable bonds is 3. The minimum absolute atomic E-state index is 0.0174. The van der Waals surface area contributed by atoms with Crippen LogP contribution in [0.5, 0.6) is 0 Å². The van der Waals surface area contributed by atoms with Gasteiger partial charge >= 0.3 is 5.97 Å². The summed E-state index contributed by atoms with van der Waals surface area (Å²) in [7, 11) is 0. The maximum atomic E-state index is 11.0. The topological polar surface area (TPSA) is 50.2 Å². The number of carboxylic acids is 1. The van der Waals surface area contributed by atoms with E-state index in [1.54, 1.807) is 6.07 Å². The zero-order valence-electron chi connectivity index (χ0n) is 10.4. The second-order valence-electron chi connectivity index (χ2n) is 4.14. The van der Waals surface area contributed by atoms with Gasteiger partial charge in [0.05, 0.1) is 37.2 Å². The molecule has 0 saturated heterocycles. The van der Waals surface area contributed by atoms with Crippen LogP contribution in [0.4, 0.5) is 0 Å². The van der Waals surface area contributed by atoms with Gasteiger partial charge in [-0.25, -0.2) is 4.98 Å². The molecule has 0 aliphatic carbocycles. The lowest BCUT2D eigenvalue weighted by molar-refractivity contribution is -0.136. The van der Waals surface area contributed by atoms with Gasteiger partial charge in [-0.15, -0.1) is 0 Å². The summed E-state index contributed by atoms with van der Waals surface area (Å²) in [5.41, 5.74) is 0.795. The van der Waals surface area contributed by atoms with Crippen LogP contribution >= 0.6 is 69.6 Å². The highest BCUT2D eigenvalue weighted by Gasteiger charge is 2.23.